The third-order valence-corrected chi connectivity index (χ3v) is 23.0. The maximum absolute atomic E-state index is 11.8. The molecule has 0 aromatic heterocycles. The molecule has 0 aliphatic carbocycles. The third kappa shape index (κ3) is 3.08. The van der Waals surface area contributed by atoms with Crippen molar-refractivity contribution in [1.29, 1.82) is 0 Å². The van der Waals surface area contributed by atoms with Gasteiger partial charge in [0, 0.05) is 6.90 Å². The Morgan fingerprint density at radius 1 is 0.800 bits per heavy atom. The fourth-order valence-electron chi connectivity index (χ4n) is 1.01. The average Bonchev–Trinajstić information content (AvgIpc) is 1.59. The summed E-state index contributed by atoms with van der Waals surface area (Å²) in [6.45, 7) is 12.4. The summed E-state index contributed by atoms with van der Waals surface area (Å²) in [5.74, 6) is 0. The fraction of sp³-hybridized carbons (Fsp3) is 1.00. The van der Waals surface area contributed by atoms with Gasteiger partial charge in [-0.25, -0.2) is 0 Å². The first kappa shape index (κ1) is 10.5. The topological polar surface area (TPSA) is 17.1 Å². The molecule has 10 heavy (non-hydrogen) atoms. The summed E-state index contributed by atoms with van der Waals surface area (Å²) in [6, 6.07) is 0. The van der Waals surface area contributed by atoms with Gasteiger partial charge in [0.05, 0.1) is 0 Å². The molecule has 0 aliphatic rings. The van der Waals surface area contributed by atoms with E-state index in [1.165, 1.54) is 0 Å². The highest BCUT2D eigenvalue weighted by molar-refractivity contribution is 8.10. The molecule has 0 amide bonds. The lowest BCUT2D eigenvalue weighted by molar-refractivity contribution is 0.600. The molecule has 0 aliphatic heterocycles. The molecule has 0 atom stereocenters. The van der Waals surface area contributed by atoms with Crippen molar-refractivity contribution >= 4 is 22.4 Å². The van der Waals surface area contributed by atoms with E-state index in [9.17, 15) is 4.57 Å². The van der Waals surface area contributed by atoms with E-state index < -0.39 is 22.4 Å². The van der Waals surface area contributed by atoms with Crippen molar-refractivity contribution in [1.82, 2.24) is 0 Å². The van der Waals surface area contributed by atoms with Crippen LogP contribution in [-0.4, -0.2) is 15.5 Å². The predicted molar refractivity (Wildman–Crippen MR) is 54.3 cm³/mol. The van der Waals surface area contributed by atoms with Gasteiger partial charge in [-0.3, -0.25) is 4.57 Å². The molecule has 1 radical (unpaired) electrons. The van der Waals surface area contributed by atoms with Crippen LogP contribution in [0.4, 0.5) is 0 Å². The van der Waals surface area contributed by atoms with E-state index in [1.54, 1.807) is 0 Å². The summed E-state index contributed by atoms with van der Waals surface area (Å²) >= 11 is 0. The molecule has 0 rings (SSSR count). The lowest BCUT2D eigenvalue weighted by Crippen LogP contribution is -2.27. The van der Waals surface area contributed by atoms with Gasteiger partial charge in [0.1, 0.15) is 15.5 Å². The van der Waals surface area contributed by atoms with Gasteiger partial charge < -0.3 is 0 Å². The Morgan fingerprint density at radius 2 is 1.00 bits per heavy atom. The number of rotatable bonds is 2. The molecule has 0 spiro atoms. The second kappa shape index (κ2) is 2.88. The van der Waals surface area contributed by atoms with Gasteiger partial charge in [-0.2, -0.15) is 0 Å². The van der Waals surface area contributed by atoms with Crippen molar-refractivity contribution in [3.63, 3.8) is 0 Å². The summed E-state index contributed by atoms with van der Waals surface area (Å²) < 4.78 is 11.8. The Kier molecular flexibility index (Phi) is 3.03. The van der Waals surface area contributed by atoms with E-state index >= 15 is 0 Å². The van der Waals surface area contributed by atoms with Crippen LogP contribution in [0.3, 0.4) is 0 Å². The van der Waals surface area contributed by atoms with Crippen molar-refractivity contribution in [3.8, 4) is 0 Å². The molecule has 0 heterocycles. The van der Waals surface area contributed by atoms with Crippen LogP contribution in [-0.2, 0) is 4.57 Å². The van der Waals surface area contributed by atoms with Gasteiger partial charge in [-0.15, -0.1) is 0 Å². The minimum absolute atomic E-state index is 0.835. The van der Waals surface area contributed by atoms with Crippen LogP contribution < -0.4 is 0 Å². The fourth-order valence-corrected chi connectivity index (χ4v) is 27.2. The van der Waals surface area contributed by atoms with E-state index in [0.717, 1.165) is 0 Å². The number of hydrogen-bond donors (Lipinski definition) is 0. The monoisotopic (exact) mass is 193 g/mol. The highest BCUT2D eigenvalue weighted by Gasteiger charge is 2.34. The normalized spacial score (nSPS) is 13.4. The summed E-state index contributed by atoms with van der Waals surface area (Å²) in [5, 5.41) is 0. The van der Waals surface area contributed by atoms with E-state index in [1.807, 2.05) is 0 Å². The van der Waals surface area contributed by atoms with Crippen molar-refractivity contribution in [2.45, 2.75) is 39.3 Å². The molecule has 0 N–H and O–H groups in total. The molecular formula is C6H18OPSi2. The average molecular weight is 193 g/mol. The van der Waals surface area contributed by atoms with Gasteiger partial charge >= 0.3 is 0 Å². The van der Waals surface area contributed by atoms with Crippen molar-refractivity contribution in [2.24, 2.45) is 0 Å². The Hall–Kier alpha value is 0.534. The molecule has 0 bridgehead atoms. The quantitative estimate of drug-likeness (QED) is 0.485. The standard InChI is InChI=1S/C6H18OPSi2/c1-9(2,3)8(7)10(4,5)6/h1-6H3. The van der Waals surface area contributed by atoms with Gasteiger partial charge in [-0.05, 0) is 0 Å². The second-order valence-electron chi connectivity index (χ2n) is 4.64. The van der Waals surface area contributed by atoms with E-state index in [-0.39, 0.29) is 0 Å². The van der Waals surface area contributed by atoms with Crippen LogP contribution in [0.1, 0.15) is 0 Å². The summed E-state index contributed by atoms with van der Waals surface area (Å²) in [4.78, 5) is 0. The SMILES string of the molecule is C[Si](C)(C)[P](=O)[Si](C)(C)C. The molecule has 61 valence electrons. The summed E-state index contributed by atoms with van der Waals surface area (Å²) in [7, 11) is -2.65. The Labute approximate surface area is 66.7 Å². The van der Waals surface area contributed by atoms with Crippen molar-refractivity contribution in [3.05, 3.63) is 0 Å². The molecule has 0 unspecified atom stereocenters. The molecule has 0 aromatic carbocycles. The molecule has 0 fully saturated rings. The number of hydrogen-bond acceptors (Lipinski definition) is 1. The smallest absolute Gasteiger partial charge is 0.135 e. The minimum atomic E-state index is -1.33. The Balaban J connectivity index is 4.40. The molecule has 1 nitrogen and oxygen atoms in total. The summed E-state index contributed by atoms with van der Waals surface area (Å²) in [5.41, 5.74) is 0. The molecule has 0 saturated carbocycles. The van der Waals surface area contributed by atoms with Crippen LogP contribution >= 0.6 is 6.90 Å². The summed E-state index contributed by atoms with van der Waals surface area (Å²) in [6.07, 6.45) is 0. The van der Waals surface area contributed by atoms with Gasteiger partial charge in [0.25, 0.3) is 0 Å². The van der Waals surface area contributed by atoms with Crippen LogP contribution in [0.5, 0.6) is 0 Å². The Morgan fingerprint density at radius 3 is 1.00 bits per heavy atom. The maximum atomic E-state index is 11.8. The highest BCUT2D eigenvalue weighted by atomic mass is 31.6. The zero-order valence-electron chi connectivity index (χ0n) is 7.86. The lowest BCUT2D eigenvalue weighted by atomic mass is 11.8. The van der Waals surface area contributed by atoms with E-state index in [0.29, 0.717) is 0 Å². The predicted octanol–water partition coefficient (Wildman–Crippen LogP) is 3.48. The van der Waals surface area contributed by atoms with Crippen molar-refractivity contribution < 1.29 is 4.57 Å². The van der Waals surface area contributed by atoms with Crippen molar-refractivity contribution in [2.75, 3.05) is 0 Å². The lowest BCUT2D eigenvalue weighted by Gasteiger charge is -2.24. The second-order valence-corrected chi connectivity index (χ2v) is 25.7. The highest BCUT2D eigenvalue weighted by Crippen LogP contribution is 2.43. The Bertz CT molecular complexity index is 127. The maximum Gasteiger partial charge on any atom is 0.135 e. The van der Waals surface area contributed by atoms with E-state index in [2.05, 4.69) is 39.3 Å². The minimum Gasteiger partial charge on any atom is -0.300 e. The van der Waals surface area contributed by atoms with Crippen LogP contribution in [0.15, 0.2) is 0 Å². The first-order valence-corrected chi connectivity index (χ1v) is 13.6. The van der Waals surface area contributed by atoms with Gasteiger partial charge in [-0.1, -0.05) is 39.3 Å². The zero-order chi connectivity index (χ0) is 8.58. The first-order chi connectivity index (χ1) is 4.15. The van der Waals surface area contributed by atoms with Crippen LogP contribution in [0, 0.1) is 0 Å². The zero-order valence-corrected chi connectivity index (χ0v) is 10.7. The molecule has 0 saturated heterocycles. The van der Waals surface area contributed by atoms with Gasteiger partial charge in [0.15, 0.2) is 0 Å². The van der Waals surface area contributed by atoms with Crippen LogP contribution in [0.25, 0.3) is 0 Å². The van der Waals surface area contributed by atoms with E-state index in [4.69, 9.17) is 0 Å². The largest absolute Gasteiger partial charge is 0.300 e. The molecular weight excluding hydrogens is 175 g/mol. The third-order valence-electron chi connectivity index (χ3n) is 1.22. The molecule has 0 aromatic rings. The van der Waals surface area contributed by atoms with Crippen LogP contribution in [0.2, 0.25) is 39.3 Å². The van der Waals surface area contributed by atoms with Gasteiger partial charge in [0.2, 0.25) is 0 Å². The molecule has 4 heteroatoms. The first-order valence-electron chi connectivity index (χ1n) is 3.63.